The van der Waals surface area contributed by atoms with E-state index in [0.29, 0.717) is 12.3 Å². The van der Waals surface area contributed by atoms with Crippen LogP contribution in [-0.2, 0) is 17.8 Å². The van der Waals surface area contributed by atoms with Crippen molar-refractivity contribution >= 4 is 32.6 Å². The van der Waals surface area contributed by atoms with Gasteiger partial charge in [0.2, 0.25) is 5.91 Å². The number of rotatable bonds is 5. The highest BCUT2D eigenvalue weighted by molar-refractivity contribution is 7.22. The van der Waals surface area contributed by atoms with Crippen molar-refractivity contribution in [3.63, 3.8) is 0 Å². The summed E-state index contributed by atoms with van der Waals surface area (Å²) < 4.78 is 3.11. The minimum atomic E-state index is 0.0364. The molecule has 0 saturated heterocycles. The van der Waals surface area contributed by atoms with E-state index in [2.05, 4.69) is 23.9 Å². The number of thiazole rings is 1. The van der Waals surface area contributed by atoms with E-state index in [1.165, 1.54) is 11.3 Å². The number of aromatic nitrogens is 3. The molecule has 0 aliphatic carbocycles. The van der Waals surface area contributed by atoms with Gasteiger partial charge in [0.1, 0.15) is 0 Å². The molecular formula is C19H24N4OS. The topological polar surface area (TPSA) is 51.0 Å². The number of likely N-dealkylation sites (N-methyl/N-ethyl adjacent to an activating group) is 1. The lowest BCUT2D eigenvalue weighted by Gasteiger charge is -2.14. The molecule has 0 saturated carbocycles. The molecule has 0 aliphatic rings. The number of carbonyl (C=O) groups excluding carboxylic acids is 1. The zero-order valence-electron chi connectivity index (χ0n) is 15.4. The van der Waals surface area contributed by atoms with Crippen LogP contribution < -0.4 is 4.90 Å². The molecule has 6 heteroatoms. The Labute approximate surface area is 152 Å². The van der Waals surface area contributed by atoms with E-state index in [1.54, 1.807) is 11.9 Å². The second-order valence-electron chi connectivity index (χ2n) is 6.82. The molecule has 0 fully saturated rings. The highest BCUT2D eigenvalue weighted by Crippen LogP contribution is 2.28. The van der Waals surface area contributed by atoms with E-state index < -0.39 is 0 Å². The van der Waals surface area contributed by atoms with Gasteiger partial charge in [0.25, 0.3) is 0 Å². The monoisotopic (exact) mass is 356 g/mol. The van der Waals surface area contributed by atoms with Crippen LogP contribution in [0.1, 0.15) is 30.8 Å². The number of aryl methyl sites for hydroxylation is 1. The van der Waals surface area contributed by atoms with Gasteiger partial charge in [-0.3, -0.25) is 14.4 Å². The Balaban J connectivity index is 1.80. The standard InChI is InChI=1S/C19H24N4OS/c1-12(2)11-23-14(4)15(13(3)21-23)10-18(24)22(5)19-20-16-8-6-7-9-17(16)25-19/h6-9,12H,10-11H2,1-5H3. The van der Waals surface area contributed by atoms with Gasteiger partial charge in [-0.2, -0.15) is 5.10 Å². The molecule has 0 radical (unpaired) electrons. The number of benzene rings is 1. The van der Waals surface area contributed by atoms with Gasteiger partial charge < -0.3 is 0 Å². The Morgan fingerprint density at radius 2 is 2.00 bits per heavy atom. The molecule has 2 heterocycles. The van der Waals surface area contributed by atoms with E-state index in [1.807, 2.05) is 42.8 Å². The minimum absolute atomic E-state index is 0.0364. The Hall–Kier alpha value is -2.21. The average Bonchev–Trinajstić information content (AvgIpc) is 3.10. The number of fused-ring (bicyclic) bond motifs is 1. The summed E-state index contributed by atoms with van der Waals surface area (Å²) in [6.45, 7) is 9.23. The fourth-order valence-corrected chi connectivity index (χ4v) is 3.84. The van der Waals surface area contributed by atoms with Gasteiger partial charge in [-0.15, -0.1) is 0 Å². The predicted octanol–water partition coefficient (Wildman–Crippen LogP) is 3.97. The maximum Gasteiger partial charge on any atom is 0.233 e. The molecule has 0 spiro atoms. The van der Waals surface area contributed by atoms with Crippen molar-refractivity contribution in [2.24, 2.45) is 5.92 Å². The van der Waals surface area contributed by atoms with Crippen molar-refractivity contribution in [2.45, 2.75) is 40.7 Å². The summed E-state index contributed by atoms with van der Waals surface area (Å²) in [5, 5.41) is 5.34. The molecule has 1 aromatic carbocycles. The minimum Gasteiger partial charge on any atom is -0.291 e. The van der Waals surface area contributed by atoms with Crippen molar-refractivity contribution < 1.29 is 4.79 Å². The Morgan fingerprint density at radius 1 is 1.28 bits per heavy atom. The van der Waals surface area contributed by atoms with Crippen molar-refractivity contribution in [1.29, 1.82) is 0 Å². The third kappa shape index (κ3) is 3.58. The molecule has 0 unspecified atom stereocenters. The van der Waals surface area contributed by atoms with Gasteiger partial charge in [-0.1, -0.05) is 37.3 Å². The van der Waals surface area contributed by atoms with Crippen molar-refractivity contribution in [3.05, 3.63) is 41.2 Å². The number of hydrogen-bond donors (Lipinski definition) is 0. The van der Waals surface area contributed by atoms with Gasteiger partial charge >= 0.3 is 0 Å². The van der Waals surface area contributed by atoms with Crippen LogP contribution in [0.25, 0.3) is 10.2 Å². The highest BCUT2D eigenvalue weighted by atomic mass is 32.1. The molecule has 2 aromatic heterocycles. The molecule has 0 atom stereocenters. The Bertz CT molecular complexity index is 876. The number of carbonyl (C=O) groups is 1. The van der Waals surface area contributed by atoms with Crippen molar-refractivity contribution in [2.75, 3.05) is 11.9 Å². The number of nitrogens with zero attached hydrogens (tertiary/aromatic N) is 4. The molecule has 1 amide bonds. The van der Waals surface area contributed by atoms with E-state index in [4.69, 9.17) is 0 Å². The third-order valence-electron chi connectivity index (χ3n) is 4.34. The van der Waals surface area contributed by atoms with Crippen LogP contribution in [0.3, 0.4) is 0 Å². The molecule has 3 rings (SSSR count). The SMILES string of the molecule is Cc1nn(CC(C)C)c(C)c1CC(=O)N(C)c1nc2ccccc2s1. The molecule has 25 heavy (non-hydrogen) atoms. The highest BCUT2D eigenvalue weighted by Gasteiger charge is 2.20. The van der Waals surface area contributed by atoms with Crippen LogP contribution in [0, 0.1) is 19.8 Å². The zero-order valence-corrected chi connectivity index (χ0v) is 16.2. The quantitative estimate of drug-likeness (QED) is 0.695. The lowest BCUT2D eigenvalue weighted by Crippen LogP contribution is -2.28. The Kier molecular flexibility index (Phi) is 4.90. The first-order valence-electron chi connectivity index (χ1n) is 8.51. The smallest absolute Gasteiger partial charge is 0.233 e. The van der Waals surface area contributed by atoms with Crippen molar-refractivity contribution in [1.82, 2.24) is 14.8 Å². The van der Waals surface area contributed by atoms with Crippen LogP contribution in [0.15, 0.2) is 24.3 Å². The third-order valence-corrected chi connectivity index (χ3v) is 5.45. The molecule has 3 aromatic rings. The number of para-hydroxylation sites is 1. The maximum atomic E-state index is 12.8. The largest absolute Gasteiger partial charge is 0.291 e. The number of amides is 1. The fraction of sp³-hybridized carbons (Fsp3) is 0.421. The van der Waals surface area contributed by atoms with Crippen molar-refractivity contribution in [3.8, 4) is 0 Å². The number of anilines is 1. The van der Waals surface area contributed by atoms with Crippen LogP contribution in [0.2, 0.25) is 0 Å². The summed E-state index contributed by atoms with van der Waals surface area (Å²) in [6, 6.07) is 7.95. The summed E-state index contributed by atoms with van der Waals surface area (Å²) in [7, 11) is 1.79. The Morgan fingerprint density at radius 3 is 2.68 bits per heavy atom. The average molecular weight is 356 g/mol. The van der Waals surface area contributed by atoms with Gasteiger partial charge in [-0.05, 0) is 31.9 Å². The molecule has 0 N–H and O–H groups in total. The summed E-state index contributed by atoms with van der Waals surface area (Å²) in [5.41, 5.74) is 3.97. The first-order chi connectivity index (χ1) is 11.9. The molecule has 0 aliphatic heterocycles. The summed E-state index contributed by atoms with van der Waals surface area (Å²) >= 11 is 1.54. The molecule has 5 nitrogen and oxygen atoms in total. The van der Waals surface area contributed by atoms with Crippen LogP contribution in [-0.4, -0.2) is 27.7 Å². The van der Waals surface area contributed by atoms with Gasteiger partial charge in [0.05, 0.1) is 22.3 Å². The second kappa shape index (κ2) is 6.96. The van der Waals surface area contributed by atoms with E-state index >= 15 is 0 Å². The predicted molar refractivity (Wildman–Crippen MR) is 103 cm³/mol. The lowest BCUT2D eigenvalue weighted by molar-refractivity contribution is -0.117. The maximum absolute atomic E-state index is 12.8. The first-order valence-corrected chi connectivity index (χ1v) is 9.33. The second-order valence-corrected chi connectivity index (χ2v) is 7.83. The van der Waals surface area contributed by atoms with Crippen LogP contribution in [0.5, 0.6) is 0 Å². The van der Waals surface area contributed by atoms with Crippen LogP contribution in [0.4, 0.5) is 5.13 Å². The summed E-state index contributed by atoms with van der Waals surface area (Å²) in [4.78, 5) is 19.0. The summed E-state index contributed by atoms with van der Waals surface area (Å²) in [6.07, 6.45) is 0.349. The zero-order chi connectivity index (χ0) is 18.1. The normalized spacial score (nSPS) is 11.4. The van der Waals surface area contributed by atoms with E-state index in [9.17, 15) is 4.79 Å². The number of hydrogen-bond acceptors (Lipinski definition) is 4. The fourth-order valence-electron chi connectivity index (χ4n) is 2.89. The van der Waals surface area contributed by atoms with Gasteiger partial charge in [0, 0.05) is 24.8 Å². The van der Waals surface area contributed by atoms with Gasteiger partial charge in [0.15, 0.2) is 5.13 Å². The van der Waals surface area contributed by atoms with Crippen LogP contribution >= 0.6 is 11.3 Å². The first kappa shape index (κ1) is 17.6. The molecule has 0 bridgehead atoms. The molecular weight excluding hydrogens is 332 g/mol. The molecule has 132 valence electrons. The van der Waals surface area contributed by atoms with E-state index in [0.717, 1.165) is 38.8 Å². The lowest BCUT2D eigenvalue weighted by atomic mass is 10.1. The van der Waals surface area contributed by atoms with E-state index in [-0.39, 0.29) is 5.91 Å². The van der Waals surface area contributed by atoms with Gasteiger partial charge in [-0.25, -0.2) is 4.98 Å². The summed E-state index contributed by atoms with van der Waals surface area (Å²) in [5.74, 6) is 0.557.